The number of hydrogen-bond donors (Lipinski definition) is 0. The first-order valence-electron chi connectivity index (χ1n) is 23.5. The summed E-state index contributed by atoms with van der Waals surface area (Å²) in [6.07, 6.45) is 5.88. The van der Waals surface area contributed by atoms with E-state index in [1.165, 1.54) is 16.7 Å². The van der Waals surface area contributed by atoms with Crippen LogP contribution in [0.5, 0.6) is 11.5 Å². The molecule has 0 fully saturated rings. The minimum atomic E-state index is -0.0422. The fraction of sp³-hybridized carbons (Fsp3) is 0.0625. The number of ether oxygens (including phenoxy) is 1. The van der Waals surface area contributed by atoms with Crippen LogP contribution in [-0.4, -0.2) is 14.1 Å². The summed E-state index contributed by atoms with van der Waals surface area (Å²) in [6.45, 7) is 6.69. The zero-order valence-corrected chi connectivity index (χ0v) is 41.0. The van der Waals surface area contributed by atoms with Crippen LogP contribution in [0, 0.1) is 18.5 Å². The van der Waals surface area contributed by atoms with Gasteiger partial charge in [0.2, 0.25) is 0 Å². The Morgan fingerprint density at radius 2 is 1.09 bits per heavy atom. The molecule has 3 aromatic heterocycles. The summed E-state index contributed by atoms with van der Waals surface area (Å²) in [7, 11) is 0. The minimum absolute atomic E-state index is 0. The van der Waals surface area contributed by atoms with Gasteiger partial charge in [-0.05, 0) is 95.9 Å². The second-order valence-electron chi connectivity index (χ2n) is 18.7. The van der Waals surface area contributed by atoms with Crippen LogP contribution in [0.2, 0.25) is 0 Å². The molecule has 9 aromatic carbocycles. The monoisotopic (exact) mass is 1080 g/mol. The first-order chi connectivity index (χ1) is 33.9. The third kappa shape index (κ3) is 7.11. The van der Waals surface area contributed by atoms with E-state index in [0.29, 0.717) is 11.5 Å². The molecular weight excluding hydrogens is 1040 g/mol. The van der Waals surface area contributed by atoms with E-state index in [4.69, 9.17) is 9.72 Å². The fourth-order valence-electron chi connectivity index (χ4n) is 10.3. The van der Waals surface area contributed by atoms with Crippen molar-refractivity contribution in [3.63, 3.8) is 0 Å². The predicted molar refractivity (Wildman–Crippen MR) is 279 cm³/mol. The van der Waals surface area contributed by atoms with E-state index in [9.17, 15) is 0 Å². The smallest absolute Gasteiger partial charge is 0.268 e. The van der Waals surface area contributed by atoms with E-state index in [1.54, 1.807) is 0 Å². The molecular formula is C64H44N4OPt-2. The molecule has 0 spiro atoms. The van der Waals surface area contributed by atoms with Crippen molar-refractivity contribution in [2.75, 3.05) is 0 Å². The maximum Gasteiger partial charge on any atom is 0.268 e. The first-order valence-corrected chi connectivity index (χ1v) is 23.5. The Balaban J connectivity index is 0.00000505. The molecule has 0 unspecified atom stereocenters. The molecule has 1 aliphatic rings. The molecule has 0 radical (unpaired) electrons. The Bertz CT molecular complexity index is 3980. The number of para-hydroxylation sites is 2. The third-order valence-corrected chi connectivity index (χ3v) is 13.6. The Labute approximate surface area is 421 Å². The summed E-state index contributed by atoms with van der Waals surface area (Å²) in [4.78, 5) is 4.89. The van der Waals surface area contributed by atoms with Crippen LogP contribution < -0.4 is 9.30 Å². The molecule has 6 heteroatoms. The van der Waals surface area contributed by atoms with Gasteiger partial charge < -0.3 is 13.9 Å². The molecule has 70 heavy (non-hydrogen) atoms. The molecule has 0 saturated heterocycles. The van der Waals surface area contributed by atoms with Crippen molar-refractivity contribution in [3.05, 3.63) is 236 Å². The van der Waals surface area contributed by atoms with E-state index in [0.717, 1.165) is 94.5 Å². The van der Waals surface area contributed by atoms with Crippen molar-refractivity contribution < 1.29 is 30.4 Å². The van der Waals surface area contributed by atoms with Gasteiger partial charge in [0, 0.05) is 44.3 Å². The zero-order chi connectivity index (χ0) is 46.2. The van der Waals surface area contributed by atoms with Crippen molar-refractivity contribution in [1.29, 1.82) is 0 Å². The van der Waals surface area contributed by atoms with Gasteiger partial charge in [-0.2, -0.15) is 18.2 Å². The van der Waals surface area contributed by atoms with Gasteiger partial charge in [0.05, 0.1) is 16.7 Å². The first kappa shape index (κ1) is 43.2. The summed E-state index contributed by atoms with van der Waals surface area (Å²) in [5.74, 6) is 1.98. The Kier molecular flexibility index (Phi) is 10.6. The molecule has 13 rings (SSSR count). The van der Waals surface area contributed by atoms with Crippen LogP contribution in [0.3, 0.4) is 0 Å². The van der Waals surface area contributed by atoms with E-state index >= 15 is 0 Å². The van der Waals surface area contributed by atoms with Crippen molar-refractivity contribution in [2.24, 2.45) is 0 Å². The van der Waals surface area contributed by atoms with E-state index in [2.05, 4.69) is 241 Å². The quantitative estimate of drug-likeness (QED) is 0.123. The number of hydrogen-bond acceptors (Lipinski definition) is 2. The van der Waals surface area contributed by atoms with Gasteiger partial charge >= 0.3 is 0 Å². The molecule has 5 nitrogen and oxygen atoms in total. The van der Waals surface area contributed by atoms with Crippen LogP contribution in [0.1, 0.15) is 26.3 Å². The average Bonchev–Trinajstić information content (AvgIpc) is 3.96. The van der Waals surface area contributed by atoms with Crippen LogP contribution in [-0.2, 0) is 26.5 Å². The number of rotatable bonds is 6. The molecule has 0 N–H and O–H groups in total. The maximum absolute atomic E-state index is 6.81. The summed E-state index contributed by atoms with van der Waals surface area (Å²) < 4.78 is 13.5. The van der Waals surface area contributed by atoms with Crippen molar-refractivity contribution in [1.82, 2.24) is 14.1 Å². The van der Waals surface area contributed by atoms with Crippen molar-refractivity contribution in [2.45, 2.75) is 26.2 Å². The SMILES string of the molecule is CC(C)(C)c1ccnc(-n2c3[c-]c(Oc4[c-]c(-n5[c-][n+]6c7c(ccc(-c8ccccc8)c75)-c5ccccc5-c5ccccc5-c5cccc(-c7ccccc7)c5-6)ccc4)ccc3c3ccccc32)c1.[Pt]. The Morgan fingerprint density at radius 1 is 0.500 bits per heavy atom. The number of fused-ring (bicyclic) bond motifs is 10. The number of nitrogens with zero attached hydrogens (tertiary/aromatic N) is 4. The zero-order valence-electron chi connectivity index (χ0n) is 38.7. The van der Waals surface area contributed by atoms with Crippen LogP contribution in [0.4, 0.5) is 0 Å². The molecule has 0 aliphatic carbocycles. The molecule has 338 valence electrons. The Morgan fingerprint density at radius 3 is 1.81 bits per heavy atom. The number of aromatic nitrogens is 4. The number of benzene rings is 9. The molecule has 0 saturated carbocycles. The summed E-state index contributed by atoms with van der Waals surface area (Å²) >= 11 is 0. The van der Waals surface area contributed by atoms with E-state index in [1.807, 2.05) is 24.4 Å². The molecule has 0 bridgehead atoms. The Hall–Kier alpha value is -8.11. The largest absolute Gasteiger partial charge is 0.510 e. The van der Waals surface area contributed by atoms with Gasteiger partial charge in [0.15, 0.2) is 0 Å². The van der Waals surface area contributed by atoms with Gasteiger partial charge in [-0.1, -0.05) is 184 Å². The number of pyridine rings is 1. The molecule has 4 heterocycles. The van der Waals surface area contributed by atoms with Gasteiger partial charge in [-0.15, -0.1) is 29.7 Å². The van der Waals surface area contributed by atoms with E-state index in [-0.39, 0.29) is 26.5 Å². The number of imidazole rings is 1. The second-order valence-corrected chi connectivity index (χ2v) is 18.7. The minimum Gasteiger partial charge on any atom is -0.510 e. The van der Waals surface area contributed by atoms with Crippen LogP contribution in [0.25, 0.3) is 106 Å². The predicted octanol–water partition coefficient (Wildman–Crippen LogP) is 15.5. The average molecular weight is 1080 g/mol. The van der Waals surface area contributed by atoms with Gasteiger partial charge in [-0.3, -0.25) is 4.57 Å². The van der Waals surface area contributed by atoms with Crippen molar-refractivity contribution >= 4 is 32.8 Å². The van der Waals surface area contributed by atoms with E-state index < -0.39 is 0 Å². The van der Waals surface area contributed by atoms with Gasteiger partial charge in [-0.25, -0.2) is 4.98 Å². The van der Waals surface area contributed by atoms with Gasteiger partial charge in [0.1, 0.15) is 5.82 Å². The summed E-state index contributed by atoms with van der Waals surface area (Å²) in [6, 6.07) is 80.5. The summed E-state index contributed by atoms with van der Waals surface area (Å²) in [5.41, 5.74) is 18.3. The van der Waals surface area contributed by atoms with Gasteiger partial charge in [0.25, 0.3) is 6.33 Å². The fourth-order valence-corrected chi connectivity index (χ4v) is 10.3. The second kappa shape index (κ2) is 17.1. The molecule has 0 amide bonds. The molecule has 1 aliphatic heterocycles. The van der Waals surface area contributed by atoms with Crippen molar-refractivity contribution in [3.8, 4) is 84.3 Å². The molecule has 0 atom stereocenters. The maximum atomic E-state index is 6.81. The third-order valence-electron chi connectivity index (χ3n) is 13.6. The molecule has 12 aromatic rings. The normalized spacial score (nSPS) is 11.8. The van der Waals surface area contributed by atoms with Crippen LogP contribution >= 0.6 is 0 Å². The van der Waals surface area contributed by atoms with Crippen LogP contribution in [0.15, 0.2) is 212 Å². The topological polar surface area (TPSA) is 35.9 Å². The summed E-state index contributed by atoms with van der Waals surface area (Å²) in [5, 5.41) is 2.21. The standard InChI is InChI=1S/C64H44N4O.Pt/c1-64(2,3)44-36-37-65-60(38-44)68-58-31-15-14-28-54(58)55-33-32-47(40-59(55)68)69-46-23-16-22-45(39-46)66-41-67-61-48(42-18-6-4-7-19-42)29-17-30-56(61)52-26-12-10-24-50(52)51-25-11-13-27-53(51)57-35-34-49(62(66)63(57)67)43-20-8-5-9-21-43;/h4-38H,1-3H3;/q-2;.